The number of fused-ring (bicyclic) bond motifs is 7. The molecule has 1 saturated heterocycles. The molecule has 3 aromatic rings. The first-order valence-electron chi connectivity index (χ1n) is 10.0. The maximum Gasteiger partial charge on any atom is 0.161 e. The number of hydrogen-bond donors (Lipinski definition) is 0. The van der Waals surface area contributed by atoms with Crippen LogP contribution in [0.15, 0.2) is 30.3 Å². The lowest BCUT2D eigenvalue weighted by atomic mass is 9.79. The molecule has 1 atom stereocenters. The van der Waals surface area contributed by atoms with Gasteiger partial charge in [0.25, 0.3) is 0 Å². The second-order valence-corrected chi connectivity index (χ2v) is 8.32. The number of hydrogen-bond acceptors (Lipinski definition) is 4. The number of rotatable bonds is 3. The zero-order valence-electron chi connectivity index (χ0n) is 17.1. The molecule has 4 nitrogen and oxygen atoms in total. The Hall–Kier alpha value is -2.46. The van der Waals surface area contributed by atoms with Gasteiger partial charge in [0.1, 0.15) is 5.75 Å². The van der Waals surface area contributed by atoms with Gasteiger partial charge in [-0.25, -0.2) is 0 Å². The number of nitrogens with zero attached hydrogens (tertiary/aromatic N) is 1. The van der Waals surface area contributed by atoms with Gasteiger partial charge in [-0.3, -0.25) is 4.90 Å². The van der Waals surface area contributed by atoms with Gasteiger partial charge in [0.2, 0.25) is 0 Å². The van der Waals surface area contributed by atoms with Crippen LogP contribution in [0, 0.1) is 0 Å². The first-order chi connectivity index (χ1) is 13.6. The van der Waals surface area contributed by atoms with Crippen LogP contribution in [0.1, 0.15) is 30.9 Å². The van der Waals surface area contributed by atoms with Crippen molar-refractivity contribution in [1.29, 1.82) is 0 Å². The van der Waals surface area contributed by atoms with E-state index in [1.54, 1.807) is 21.3 Å². The first kappa shape index (κ1) is 17.6. The van der Waals surface area contributed by atoms with Crippen molar-refractivity contribution < 1.29 is 14.2 Å². The highest BCUT2D eigenvalue weighted by molar-refractivity contribution is 6.12. The van der Waals surface area contributed by atoms with Gasteiger partial charge in [-0.05, 0) is 89.7 Å². The quantitative estimate of drug-likeness (QED) is 0.606. The zero-order chi connectivity index (χ0) is 19.5. The van der Waals surface area contributed by atoms with Crippen molar-refractivity contribution in [2.75, 3.05) is 27.9 Å². The van der Waals surface area contributed by atoms with Crippen LogP contribution in [0.25, 0.3) is 21.5 Å². The lowest BCUT2D eigenvalue weighted by Gasteiger charge is -2.41. The molecule has 2 aliphatic rings. The fourth-order valence-corrected chi connectivity index (χ4v) is 5.32. The second-order valence-electron chi connectivity index (χ2n) is 8.32. The Labute approximate surface area is 166 Å². The van der Waals surface area contributed by atoms with E-state index in [0.29, 0.717) is 0 Å². The van der Waals surface area contributed by atoms with E-state index >= 15 is 0 Å². The summed E-state index contributed by atoms with van der Waals surface area (Å²) in [6, 6.07) is 10.8. The third kappa shape index (κ3) is 2.40. The van der Waals surface area contributed by atoms with E-state index in [4.69, 9.17) is 14.2 Å². The van der Waals surface area contributed by atoms with Crippen molar-refractivity contribution in [3.63, 3.8) is 0 Å². The van der Waals surface area contributed by atoms with Crippen LogP contribution < -0.4 is 14.2 Å². The Kier molecular flexibility index (Phi) is 3.95. The summed E-state index contributed by atoms with van der Waals surface area (Å²) in [5, 5.41) is 5.03. The molecule has 0 saturated carbocycles. The molecule has 4 heteroatoms. The summed E-state index contributed by atoms with van der Waals surface area (Å²) >= 11 is 0. The van der Waals surface area contributed by atoms with Crippen molar-refractivity contribution in [1.82, 2.24) is 4.90 Å². The maximum atomic E-state index is 5.64. The predicted molar refractivity (Wildman–Crippen MR) is 113 cm³/mol. The van der Waals surface area contributed by atoms with Gasteiger partial charge in [0, 0.05) is 12.1 Å². The summed E-state index contributed by atoms with van der Waals surface area (Å²) in [5.41, 5.74) is 3.19. The molecular formula is C24H27NO3. The molecule has 0 aliphatic carbocycles. The van der Waals surface area contributed by atoms with Crippen LogP contribution in [0.3, 0.4) is 0 Å². The monoisotopic (exact) mass is 377 g/mol. The molecule has 146 valence electrons. The average Bonchev–Trinajstić information content (AvgIpc) is 3.11. The Morgan fingerprint density at radius 3 is 2.25 bits per heavy atom. The molecule has 0 amide bonds. The lowest BCUT2D eigenvalue weighted by molar-refractivity contribution is 0.134. The van der Waals surface area contributed by atoms with Gasteiger partial charge in [0.15, 0.2) is 11.5 Å². The summed E-state index contributed by atoms with van der Waals surface area (Å²) in [4.78, 5) is 2.67. The third-order valence-electron chi connectivity index (χ3n) is 6.87. The van der Waals surface area contributed by atoms with Crippen molar-refractivity contribution in [3.8, 4) is 17.2 Å². The van der Waals surface area contributed by atoms with E-state index in [2.05, 4.69) is 42.2 Å². The van der Waals surface area contributed by atoms with Gasteiger partial charge >= 0.3 is 0 Å². The van der Waals surface area contributed by atoms with Crippen molar-refractivity contribution in [2.24, 2.45) is 0 Å². The Morgan fingerprint density at radius 2 is 1.54 bits per heavy atom. The van der Waals surface area contributed by atoms with Gasteiger partial charge < -0.3 is 14.2 Å². The predicted octanol–water partition coefficient (Wildman–Crippen LogP) is 4.93. The van der Waals surface area contributed by atoms with E-state index in [1.165, 1.54) is 52.1 Å². The molecule has 0 radical (unpaired) electrons. The van der Waals surface area contributed by atoms with E-state index in [9.17, 15) is 0 Å². The molecule has 28 heavy (non-hydrogen) atoms. The summed E-state index contributed by atoms with van der Waals surface area (Å²) in [6.07, 6.45) is 3.65. The Balaban J connectivity index is 1.89. The van der Waals surface area contributed by atoms with Crippen LogP contribution in [0.4, 0.5) is 0 Å². The number of methoxy groups -OCH3 is 3. The largest absolute Gasteiger partial charge is 0.497 e. The second kappa shape index (κ2) is 6.28. The molecular weight excluding hydrogens is 350 g/mol. The van der Waals surface area contributed by atoms with E-state index < -0.39 is 0 Å². The summed E-state index contributed by atoms with van der Waals surface area (Å²) in [7, 11) is 5.13. The number of benzene rings is 3. The zero-order valence-corrected chi connectivity index (χ0v) is 17.1. The molecule has 0 spiro atoms. The van der Waals surface area contributed by atoms with Crippen LogP contribution in [-0.4, -0.2) is 38.3 Å². The lowest BCUT2D eigenvalue weighted by Crippen LogP contribution is -2.46. The van der Waals surface area contributed by atoms with Crippen LogP contribution in [-0.2, 0) is 13.0 Å². The van der Waals surface area contributed by atoms with E-state index in [-0.39, 0.29) is 5.54 Å². The fraction of sp³-hybridized carbons (Fsp3) is 0.417. The highest BCUT2D eigenvalue weighted by Gasteiger charge is 2.41. The highest BCUT2D eigenvalue weighted by Crippen LogP contribution is 2.47. The standard InChI is InChI=1S/C24H27NO3/c1-24-8-5-9-25(24)14-21-19-12-23(28-4)22(27-3)11-18(19)17-10-15(26-2)6-7-16(17)20(21)13-24/h6-7,10-12H,5,8-9,13-14H2,1-4H3. The topological polar surface area (TPSA) is 30.9 Å². The average molecular weight is 377 g/mol. The molecule has 2 heterocycles. The normalized spacial score (nSPS) is 21.6. The minimum absolute atomic E-state index is 0.268. The smallest absolute Gasteiger partial charge is 0.161 e. The fourth-order valence-electron chi connectivity index (χ4n) is 5.32. The van der Waals surface area contributed by atoms with Crippen LogP contribution in [0.5, 0.6) is 17.2 Å². The van der Waals surface area contributed by atoms with Crippen molar-refractivity contribution >= 4 is 21.5 Å². The van der Waals surface area contributed by atoms with Crippen molar-refractivity contribution in [2.45, 2.75) is 38.3 Å². The van der Waals surface area contributed by atoms with Crippen molar-refractivity contribution in [3.05, 3.63) is 41.5 Å². The minimum atomic E-state index is 0.268. The summed E-state index contributed by atoms with van der Waals surface area (Å²) in [6.45, 7) is 4.61. The first-order valence-corrected chi connectivity index (χ1v) is 10.0. The SMILES string of the molecule is COc1ccc2c3c(c4cc(OC)c(OC)cc4c2c1)CN1CCCC1(C)C3. The van der Waals surface area contributed by atoms with Crippen LogP contribution >= 0.6 is 0 Å². The third-order valence-corrected chi connectivity index (χ3v) is 6.87. The molecule has 1 unspecified atom stereocenters. The molecule has 5 rings (SSSR count). The molecule has 3 aromatic carbocycles. The Bertz CT molecular complexity index is 1090. The van der Waals surface area contributed by atoms with Crippen LogP contribution in [0.2, 0.25) is 0 Å². The summed E-state index contributed by atoms with van der Waals surface area (Å²) in [5.74, 6) is 2.43. The van der Waals surface area contributed by atoms with Gasteiger partial charge in [-0.2, -0.15) is 0 Å². The van der Waals surface area contributed by atoms with E-state index in [0.717, 1.165) is 30.2 Å². The summed E-state index contributed by atoms with van der Waals surface area (Å²) < 4.78 is 16.8. The Morgan fingerprint density at radius 1 is 0.821 bits per heavy atom. The molecule has 2 aliphatic heterocycles. The highest BCUT2D eigenvalue weighted by atomic mass is 16.5. The maximum absolute atomic E-state index is 5.64. The molecule has 1 fully saturated rings. The number of ether oxygens (including phenoxy) is 3. The van der Waals surface area contributed by atoms with Gasteiger partial charge in [0.05, 0.1) is 21.3 Å². The molecule has 0 N–H and O–H groups in total. The molecule has 0 bridgehead atoms. The minimum Gasteiger partial charge on any atom is -0.497 e. The van der Waals surface area contributed by atoms with Gasteiger partial charge in [-0.15, -0.1) is 0 Å². The van der Waals surface area contributed by atoms with Gasteiger partial charge in [-0.1, -0.05) is 6.07 Å². The molecule has 0 aromatic heterocycles. The van der Waals surface area contributed by atoms with E-state index in [1.807, 2.05) is 0 Å².